The van der Waals surface area contributed by atoms with Crippen LogP contribution in [0.15, 0.2) is 48.8 Å². The van der Waals surface area contributed by atoms with E-state index in [4.69, 9.17) is 4.74 Å². The van der Waals surface area contributed by atoms with Crippen molar-refractivity contribution >= 4 is 34.6 Å². The molecular formula is C17H12N4O4. The lowest BCUT2D eigenvalue weighted by molar-refractivity contribution is -0.123. The molecule has 1 saturated heterocycles. The van der Waals surface area contributed by atoms with E-state index < -0.39 is 18.1 Å². The highest BCUT2D eigenvalue weighted by Gasteiger charge is 2.33. The molecule has 1 aromatic heterocycles. The maximum absolute atomic E-state index is 12.3. The van der Waals surface area contributed by atoms with Gasteiger partial charge < -0.3 is 15.0 Å². The zero-order valence-corrected chi connectivity index (χ0v) is 12.8. The lowest BCUT2D eigenvalue weighted by Crippen LogP contribution is -2.20. The molecule has 1 aliphatic rings. The third-order valence-electron chi connectivity index (χ3n) is 3.84. The molecule has 0 radical (unpaired) electrons. The number of carbonyl (C=O) groups excluding carboxylic acids is 3. The highest BCUT2D eigenvalue weighted by atomic mass is 16.6. The molecule has 3 N–H and O–H groups in total. The van der Waals surface area contributed by atoms with Crippen LogP contribution < -0.4 is 10.6 Å². The summed E-state index contributed by atoms with van der Waals surface area (Å²) in [4.78, 5) is 42.0. The Hall–Kier alpha value is -3.68. The van der Waals surface area contributed by atoms with Crippen molar-refractivity contribution in [2.75, 3.05) is 5.32 Å². The lowest BCUT2D eigenvalue weighted by atomic mass is 10.1. The monoisotopic (exact) mass is 336 g/mol. The van der Waals surface area contributed by atoms with E-state index in [2.05, 4.69) is 20.6 Å². The summed E-state index contributed by atoms with van der Waals surface area (Å²) in [5.41, 5.74) is 3.13. The largest absolute Gasteiger partial charge is 0.431 e. The van der Waals surface area contributed by atoms with Gasteiger partial charge in [-0.3, -0.25) is 14.9 Å². The van der Waals surface area contributed by atoms with Crippen molar-refractivity contribution in [3.8, 4) is 0 Å². The number of aromatic nitrogens is 2. The Bertz CT molecular complexity index is 993. The number of rotatable bonds is 3. The van der Waals surface area contributed by atoms with Gasteiger partial charge in [-0.15, -0.1) is 0 Å². The number of amides is 3. The van der Waals surface area contributed by atoms with Crippen molar-refractivity contribution in [3.05, 3.63) is 59.9 Å². The van der Waals surface area contributed by atoms with Crippen LogP contribution in [0.3, 0.4) is 0 Å². The highest BCUT2D eigenvalue weighted by Crippen LogP contribution is 2.23. The van der Waals surface area contributed by atoms with E-state index in [1.54, 1.807) is 48.8 Å². The fourth-order valence-electron chi connectivity index (χ4n) is 2.60. The van der Waals surface area contributed by atoms with Crippen molar-refractivity contribution in [1.82, 2.24) is 15.3 Å². The van der Waals surface area contributed by atoms with Gasteiger partial charge in [0.25, 0.3) is 11.8 Å². The molecule has 25 heavy (non-hydrogen) atoms. The summed E-state index contributed by atoms with van der Waals surface area (Å²) < 4.78 is 4.89. The predicted molar refractivity (Wildman–Crippen MR) is 87.9 cm³/mol. The first kappa shape index (κ1) is 14.9. The molecule has 1 fully saturated rings. The number of aromatic amines is 1. The molecule has 124 valence electrons. The van der Waals surface area contributed by atoms with Gasteiger partial charge in [-0.05, 0) is 30.3 Å². The average molecular weight is 336 g/mol. The van der Waals surface area contributed by atoms with Crippen LogP contribution in [0.25, 0.3) is 11.0 Å². The zero-order chi connectivity index (χ0) is 17.4. The highest BCUT2D eigenvalue weighted by molar-refractivity contribution is 6.06. The summed E-state index contributed by atoms with van der Waals surface area (Å²) in [5, 5.41) is 4.84. The number of cyclic esters (lactones) is 1. The molecule has 1 unspecified atom stereocenters. The summed E-state index contributed by atoms with van der Waals surface area (Å²) in [6.45, 7) is 0. The SMILES string of the molecule is O=C1NC(=O)C(c2ccc(NC(=O)c3ccc4nc[nH]c4c3)cc2)O1. The maximum atomic E-state index is 12.3. The summed E-state index contributed by atoms with van der Waals surface area (Å²) in [6.07, 6.45) is -0.154. The minimum absolute atomic E-state index is 0.269. The zero-order valence-electron chi connectivity index (χ0n) is 12.8. The Labute approximate surface area is 141 Å². The summed E-state index contributed by atoms with van der Waals surface area (Å²) >= 11 is 0. The molecule has 3 aromatic rings. The van der Waals surface area contributed by atoms with Crippen molar-refractivity contribution < 1.29 is 19.1 Å². The van der Waals surface area contributed by atoms with Gasteiger partial charge in [-0.25, -0.2) is 9.78 Å². The van der Waals surface area contributed by atoms with Crippen LogP contribution >= 0.6 is 0 Å². The molecule has 8 heteroatoms. The number of hydrogen-bond acceptors (Lipinski definition) is 5. The molecule has 2 heterocycles. The van der Waals surface area contributed by atoms with Crippen LogP contribution in [-0.4, -0.2) is 27.9 Å². The molecule has 8 nitrogen and oxygen atoms in total. The Balaban J connectivity index is 1.49. The Morgan fingerprint density at radius 3 is 2.64 bits per heavy atom. The summed E-state index contributed by atoms with van der Waals surface area (Å²) in [5.74, 6) is -0.774. The van der Waals surface area contributed by atoms with Crippen LogP contribution in [0.5, 0.6) is 0 Å². The van der Waals surface area contributed by atoms with Crippen molar-refractivity contribution in [2.24, 2.45) is 0 Å². The number of alkyl carbamates (subject to hydrolysis) is 1. The fraction of sp³-hybridized carbons (Fsp3) is 0.0588. The van der Waals surface area contributed by atoms with Gasteiger partial charge >= 0.3 is 6.09 Å². The number of fused-ring (bicyclic) bond motifs is 1. The number of imidazole rings is 1. The normalized spacial score (nSPS) is 16.6. The third kappa shape index (κ3) is 2.80. The molecule has 2 aromatic carbocycles. The number of anilines is 1. The van der Waals surface area contributed by atoms with Crippen molar-refractivity contribution in [1.29, 1.82) is 0 Å². The lowest BCUT2D eigenvalue weighted by Gasteiger charge is -2.09. The first-order chi connectivity index (χ1) is 12.1. The van der Waals surface area contributed by atoms with Gasteiger partial charge in [0.15, 0.2) is 0 Å². The molecular weight excluding hydrogens is 324 g/mol. The van der Waals surface area contributed by atoms with E-state index >= 15 is 0 Å². The van der Waals surface area contributed by atoms with Crippen LogP contribution in [0.1, 0.15) is 22.0 Å². The van der Waals surface area contributed by atoms with Gasteiger partial charge in [0.2, 0.25) is 6.10 Å². The van der Waals surface area contributed by atoms with Gasteiger partial charge in [0.1, 0.15) is 0 Å². The Morgan fingerprint density at radius 2 is 1.92 bits per heavy atom. The van der Waals surface area contributed by atoms with Crippen molar-refractivity contribution in [3.63, 3.8) is 0 Å². The molecule has 0 aliphatic carbocycles. The number of ether oxygens (including phenoxy) is 1. The second-order valence-corrected chi connectivity index (χ2v) is 5.49. The van der Waals surface area contributed by atoms with E-state index in [1.807, 2.05) is 0 Å². The maximum Gasteiger partial charge on any atom is 0.415 e. The predicted octanol–water partition coefficient (Wildman–Crippen LogP) is 2.12. The van der Waals surface area contributed by atoms with Gasteiger partial charge in [0, 0.05) is 16.8 Å². The Morgan fingerprint density at radius 1 is 1.12 bits per heavy atom. The second-order valence-electron chi connectivity index (χ2n) is 5.49. The van der Waals surface area contributed by atoms with Gasteiger partial charge in [-0.2, -0.15) is 0 Å². The second kappa shape index (κ2) is 5.75. The molecule has 1 aliphatic heterocycles. The van der Waals surface area contributed by atoms with E-state index in [0.717, 1.165) is 11.0 Å². The third-order valence-corrected chi connectivity index (χ3v) is 3.84. The number of hydrogen-bond donors (Lipinski definition) is 3. The van der Waals surface area contributed by atoms with Gasteiger partial charge in [-0.1, -0.05) is 12.1 Å². The minimum Gasteiger partial charge on any atom is -0.431 e. The molecule has 0 saturated carbocycles. The number of carbonyl (C=O) groups is 3. The molecule has 0 spiro atoms. The van der Waals surface area contributed by atoms with E-state index in [1.165, 1.54) is 0 Å². The number of imide groups is 1. The number of benzene rings is 2. The fourth-order valence-corrected chi connectivity index (χ4v) is 2.60. The topological polar surface area (TPSA) is 113 Å². The first-order valence-electron chi connectivity index (χ1n) is 7.46. The Kier molecular flexibility index (Phi) is 3.42. The standard InChI is InChI=1S/C17H12N4O4/c22-15(10-3-6-12-13(7-10)19-8-18-12)20-11-4-1-9(2-5-11)14-16(23)21-17(24)25-14/h1-8,14H,(H,18,19)(H,20,22)(H,21,23,24). The minimum atomic E-state index is -0.958. The van der Waals surface area contributed by atoms with E-state index in [9.17, 15) is 14.4 Å². The molecule has 3 amide bonds. The average Bonchev–Trinajstić information content (AvgIpc) is 3.20. The number of H-pyrrole nitrogens is 1. The van der Waals surface area contributed by atoms with Crippen LogP contribution in [0.4, 0.5) is 10.5 Å². The van der Waals surface area contributed by atoms with Crippen molar-refractivity contribution in [2.45, 2.75) is 6.10 Å². The van der Waals surface area contributed by atoms with Crippen LogP contribution in [0, 0.1) is 0 Å². The number of nitrogens with zero attached hydrogens (tertiary/aromatic N) is 1. The first-order valence-corrected chi connectivity index (χ1v) is 7.46. The van der Waals surface area contributed by atoms with E-state index in [-0.39, 0.29) is 5.91 Å². The summed E-state index contributed by atoms with van der Waals surface area (Å²) in [7, 11) is 0. The number of nitrogens with one attached hydrogen (secondary N) is 3. The van der Waals surface area contributed by atoms with Crippen LogP contribution in [0.2, 0.25) is 0 Å². The molecule has 0 bridgehead atoms. The summed E-state index contributed by atoms with van der Waals surface area (Å²) in [6, 6.07) is 11.7. The van der Waals surface area contributed by atoms with Gasteiger partial charge in [0.05, 0.1) is 17.4 Å². The molecule has 1 atom stereocenters. The molecule has 4 rings (SSSR count). The smallest absolute Gasteiger partial charge is 0.415 e. The van der Waals surface area contributed by atoms with Crippen LogP contribution in [-0.2, 0) is 9.53 Å². The van der Waals surface area contributed by atoms with E-state index in [0.29, 0.717) is 16.8 Å². The quantitative estimate of drug-likeness (QED) is 0.678.